The van der Waals surface area contributed by atoms with Crippen molar-refractivity contribution in [3.63, 3.8) is 0 Å². The molecule has 15 heavy (non-hydrogen) atoms. The third-order valence-electron chi connectivity index (χ3n) is 2.06. The van der Waals surface area contributed by atoms with Gasteiger partial charge >= 0.3 is 81.6 Å². The zero-order valence-corrected chi connectivity index (χ0v) is 15.2. The van der Waals surface area contributed by atoms with Crippen molar-refractivity contribution in [1.82, 2.24) is 4.98 Å². The van der Waals surface area contributed by atoms with E-state index in [1.54, 1.807) is 0 Å². The molecule has 0 atom stereocenters. The van der Waals surface area contributed by atoms with Gasteiger partial charge < -0.3 is 0 Å². The SMILES string of the molecule is Cc1ccc2ccc[c]([GaH2])c2n1.Cl.Cl.Cl. The van der Waals surface area contributed by atoms with E-state index in [0.717, 1.165) is 5.69 Å². The van der Waals surface area contributed by atoms with Crippen LogP contribution in [0.5, 0.6) is 0 Å². The van der Waals surface area contributed by atoms with Crippen LogP contribution in [0.4, 0.5) is 0 Å². The van der Waals surface area contributed by atoms with E-state index in [0.29, 0.717) is 18.6 Å². The second kappa shape index (κ2) is 7.42. The molecule has 0 saturated heterocycles. The average molecular weight is 323 g/mol. The Bertz CT molecular complexity index is 434. The number of para-hydroxylation sites is 1. The Kier molecular flexibility index (Phi) is 8.67. The Morgan fingerprint density at radius 2 is 1.67 bits per heavy atom. The van der Waals surface area contributed by atoms with Gasteiger partial charge in [-0.1, -0.05) is 0 Å². The van der Waals surface area contributed by atoms with Gasteiger partial charge in [0.05, 0.1) is 0 Å². The van der Waals surface area contributed by atoms with Crippen LogP contribution in [0.1, 0.15) is 5.69 Å². The molecule has 1 aromatic heterocycles. The van der Waals surface area contributed by atoms with Crippen molar-refractivity contribution in [2.75, 3.05) is 0 Å². The monoisotopic (exact) mass is 321 g/mol. The Morgan fingerprint density at radius 1 is 1.00 bits per heavy atom. The molecule has 0 aliphatic heterocycles. The first-order chi connectivity index (χ1) is 5.77. The molecule has 0 N–H and O–H groups in total. The minimum absolute atomic E-state index is 0. The molecule has 5 heteroatoms. The number of halogens is 3. The fraction of sp³-hybridized carbons (Fsp3) is 0.100. The van der Waals surface area contributed by atoms with Crippen molar-refractivity contribution in [1.29, 1.82) is 0 Å². The first kappa shape index (κ1) is 17.5. The van der Waals surface area contributed by atoms with Crippen LogP contribution in [-0.2, 0) is 0 Å². The van der Waals surface area contributed by atoms with Gasteiger partial charge in [0.25, 0.3) is 0 Å². The van der Waals surface area contributed by atoms with Crippen molar-refractivity contribution < 1.29 is 0 Å². The van der Waals surface area contributed by atoms with Crippen LogP contribution in [0.3, 0.4) is 0 Å². The third-order valence-corrected chi connectivity index (χ3v) is 3.75. The molecule has 0 aliphatic carbocycles. The standard InChI is InChI=1S/C10H8N.3ClH.Ga.2H/c1-8-6-7-9-4-2-3-5-10(9)11-8;;;;;;/h2-4,6-7H,1H3;3*1H;;;. The number of pyridine rings is 1. The number of benzene rings is 1. The number of aryl methyl sites for hydroxylation is 1. The van der Waals surface area contributed by atoms with Gasteiger partial charge in [-0.2, -0.15) is 0 Å². The van der Waals surface area contributed by atoms with E-state index in [1.807, 2.05) is 6.92 Å². The van der Waals surface area contributed by atoms with Crippen molar-refractivity contribution in [3.05, 3.63) is 36.0 Å². The molecule has 82 valence electrons. The maximum atomic E-state index is 4.52. The number of fused-ring (bicyclic) bond motifs is 1. The van der Waals surface area contributed by atoms with Crippen molar-refractivity contribution in [3.8, 4) is 0 Å². The van der Waals surface area contributed by atoms with E-state index >= 15 is 0 Å². The Hall–Kier alpha value is 0.136. The van der Waals surface area contributed by atoms with Crippen LogP contribution in [0, 0.1) is 6.92 Å². The van der Waals surface area contributed by atoms with Crippen LogP contribution < -0.4 is 4.12 Å². The van der Waals surface area contributed by atoms with Crippen LogP contribution in [0.15, 0.2) is 30.3 Å². The number of nitrogens with zero attached hydrogens (tertiary/aromatic N) is 1. The summed E-state index contributed by atoms with van der Waals surface area (Å²) in [5.41, 5.74) is 2.32. The fourth-order valence-corrected chi connectivity index (χ4v) is 2.64. The zero-order valence-electron chi connectivity index (χ0n) is 8.56. The van der Waals surface area contributed by atoms with Gasteiger partial charge in [0.1, 0.15) is 0 Å². The van der Waals surface area contributed by atoms with E-state index in [4.69, 9.17) is 0 Å². The van der Waals surface area contributed by atoms with E-state index in [2.05, 4.69) is 35.3 Å². The summed E-state index contributed by atoms with van der Waals surface area (Å²) in [4.78, 5) is 4.52. The average Bonchev–Trinajstić information content (AvgIpc) is 2.07. The van der Waals surface area contributed by atoms with Gasteiger partial charge in [0.2, 0.25) is 0 Å². The van der Waals surface area contributed by atoms with Gasteiger partial charge in [-0.15, -0.1) is 37.2 Å². The van der Waals surface area contributed by atoms with Crippen molar-refractivity contribution in [2.45, 2.75) is 6.92 Å². The van der Waals surface area contributed by atoms with E-state index < -0.39 is 0 Å². The third kappa shape index (κ3) is 3.89. The molecule has 1 nitrogen and oxygen atoms in total. The first-order valence-corrected chi connectivity index (χ1v) is 6.20. The minimum atomic E-state index is 0. The Morgan fingerprint density at radius 3 is 2.33 bits per heavy atom. The number of hydrogen-bond donors (Lipinski definition) is 0. The predicted octanol–water partition coefficient (Wildman–Crippen LogP) is 2.07. The fourth-order valence-electron chi connectivity index (χ4n) is 1.39. The van der Waals surface area contributed by atoms with E-state index in [1.165, 1.54) is 15.0 Å². The van der Waals surface area contributed by atoms with Crippen LogP contribution in [0.25, 0.3) is 10.9 Å². The van der Waals surface area contributed by atoms with Gasteiger partial charge in [-0.25, -0.2) is 0 Å². The molecule has 0 fully saturated rings. The molecule has 0 unspecified atom stereocenters. The van der Waals surface area contributed by atoms with E-state index in [9.17, 15) is 0 Å². The van der Waals surface area contributed by atoms with E-state index in [-0.39, 0.29) is 37.2 Å². The van der Waals surface area contributed by atoms with Gasteiger partial charge in [0.15, 0.2) is 0 Å². The summed E-state index contributed by atoms with van der Waals surface area (Å²) >= 11 is 0.716. The Labute approximate surface area is 118 Å². The molecule has 0 bridgehead atoms. The van der Waals surface area contributed by atoms with Gasteiger partial charge in [-0.3, -0.25) is 0 Å². The topological polar surface area (TPSA) is 12.9 Å². The molecule has 2 rings (SSSR count). The summed E-state index contributed by atoms with van der Waals surface area (Å²) in [6, 6.07) is 10.6. The van der Waals surface area contributed by atoms with Crippen LogP contribution in [-0.4, -0.2) is 23.6 Å². The molecular formula is C10H13Cl3GaN. The maximum Gasteiger partial charge on any atom is -0.147 e. The van der Waals surface area contributed by atoms with Crippen molar-refractivity contribution in [2.24, 2.45) is 0 Å². The summed E-state index contributed by atoms with van der Waals surface area (Å²) in [5, 5.41) is 1.27. The number of rotatable bonds is 0. The number of hydrogen-bond acceptors (Lipinski definition) is 1. The molecule has 0 spiro atoms. The molecule has 2 aromatic rings. The summed E-state index contributed by atoms with van der Waals surface area (Å²) < 4.78 is 1.43. The quantitative estimate of drug-likeness (QED) is 0.677. The van der Waals surface area contributed by atoms with Gasteiger partial charge in [0, 0.05) is 0 Å². The summed E-state index contributed by atoms with van der Waals surface area (Å²) in [5.74, 6) is 0. The molecule has 0 radical (unpaired) electrons. The normalized spacial score (nSPS) is 8.33. The van der Waals surface area contributed by atoms with Gasteiger partial charge in [-0.05, 0) is 0 Å². The van der Waals surface area contributed by atoms with Crippen LogP contribution in [0.2, 0.25) is 0 Å². The molecule has 1 heterocycles. The molecule has 0 saturated carbocycles. The first-order valence-electron chi connectivity index (χ1n) is 4.10. The van der Waals surface area contributed by atoms with Crippen LogP contribution >= 0.6 is 37.2 Å². The molecule has 0 aliphatic rings. The summed E-state index contributed by atoms with van der Waals surface area (Å²) in [7, 11) is 0. The minimum Gasteiger partial charge on any atom is -0.147 e. The summed E-state index contributed by atoms with van der Waals surface area (Å²) in [6.45, 7) is 2.04. The molecule has 0 amide bonds. The second-order valence-corrected chi connectivity index (χ2v) is 5.36. The maximum absolute atomic E-state index is 4.52. The second-order valence-electron chi connectivity index (χ2n) is 3.10. The summed E-state index contributed by atoms with van der Waals surface area (Å²) in [6.07, 6.45) is 0. The zero-order chi connectivity index (χ0) is 8.55. The largest absolute Gasteiger partial charge is 0.147 e. The Balaban J connectivity index is 0. The predicted molar refractivity (Wildman–Crippen MR) is 76.4 cm³/mol. The smallest absolute Gasteiger partial charge is 0.147 e. The number of aromatic nitrogens is 1. The molecular weight excluding hydrogens is 310 g/mol. The molecule has 1 aromatic carbocycles. The van der Waals surface area contributed by atoms with Crippen molar-refractivity contribution >= 4 is 70.8 Å².